The number of H-pyrrole nitrogens is 1. The van der Waals surface area contributed by atoms with Crippen LogP contribution < -0.4 is 5.32 Å². The number of carbonyl (C=O) groups is 2. The number of aromatic amines is 1. The molecule has 0 radical (unpaired) electrons. The van der Waals surface area contributed by atoms with Gasteiger partial charge in [0.05, 0.1) is 6.61 Å². The molecule has 100 valence electrons. The van der Waals surface area contributed by atoms with Crippen molar-refractivity contribution in [2.24, 2.45) is 0 Å². The largest absolute Gasteiger partial charge is 0.461 e. The Kier molecular flexibility index (Phi) is 3.85. The Balaban J connectivity index is 2.23. The second-order valence-electron chi connectivity index (χ2n) is 4.23. The van der Waals surface area contributed by atoms with Crippen LogP contribution in [0.15, 0.2) is 24.3 Å². The minimum atomic E-state index is -0.359. The molecule has 5 nitrogen and oxygen atoms in total. The summed E-state index contributed by atoms with van der Waals surface area (Å²) >= 11 is 0. The molecule has 0 aliphatic rings. The number of carbonyl (C=O) groups excluding carboxylic acids is 2. The van der Waals surface area contributed by atoms with Crippen molar-refractivity contribution in [1.82, 2.24) is 10.3 Å². The fourth-order valence-corrected chi connectivity index (χ4v) is 1.83. The number of esters is 1. The predicted molar refractivity (Wildman–Crippen MR) is 71.8 cm³/mol. The second kappa shape index (κ2) is 5.56. The Bertz CT molecular complexity index is 616. The minimum absolute atomic E-state index is 0.0706. The van der Waals surface area contributed by atoms with Crippen molar-refractivity contribution in [1.29, 1.82) is 0 Å². The highest BCUT2D eigenvalue weighted by Crippen LogP contribution is 2.17. The van der Waals surface area contributed by atoms with Gasteiger partial charge in [-0.25, -0.2) is 4.79 Å². The Morgan fingerprint density at radius 1 is 1.32 bits per heavy atom. The molecule has 0 saturated carbocycles. The van der Waals surface area contributed by atoms with Gasteiger partial charge in [-0.1, -0.05) is 12.1 Å². The lowest BCUT2D eigenvalue weighted by Gasteiger charge is -2.02. The molecule has 1 aromatic carbocycles. The maximum absolute atomic E-state index is 11.6. The molecule has 0 aliphatic carbocycles. The average molecular weight is 260 g/mol. The van der Waals surface area contributed by atoms with Crippen molar-refractivity contribution in [3.8, 4) is 0 Å². The Hall–Kier alpha value is -2.30. The van der Waals surface area contributed by atoms with Crippen LogP contribution in [0, 0.1) is 0 Å². The van der Waals surface area contributed by atoms with Crippen LogP contribution in [0.25, 0.3) is 10.9 Å². The maximum Gasteiger partial charge on any atom is 0.354 e. The molecular formula is C14H16N2O3. The van der Waals surface area contributed by atoms with Crippen LogP contribution in [-0.2, 0) is 16.1 Å². The van der Waals surface area contributed by atoms with Gasteiger partial charge in [0.1, 0.15) is 5.69 Å². The third-order valence-electron chi connectivity index (χ3n) is 2.72. The van der Waals surface area contributed by atoms with Crippen LogP contribution in [0.4, 0.5) is 0 Å². The van der Waals surface area contributed by atoms with Gasteiger partial charge in [0.2, 0.25) is 5.91 Å². The number of ether oxygens (including phenoxy) is 1. The van der Waals surface area contributed by atoms with Crippen molar-refractivity contribution >= 4 is 22.8 Å². The molecule has 0 aliphatic heterocycles. The number of hydrogen-bond donors (Lipinski definition) is 2. The fraction of sp³-hybridized carbons (Fsp3) is 0.286. The first-order chi connectivity index (χ1) is 9.10. The number of rotatable bonds is 4. The molecule has 5 heteroatoms. The average Bonchev–Trinajstić information content (AvgIpc) is 2.79. The van der Waals surface area contributed by atoms with E-state index >= 15 is 0 Å². The van der Waals surface area contributed by atoms with Crippen LogP contribution >= 0.6 is 0 Å². The Morgan fingerprint density at radius 3 is 2.79 bits per heavy atom. The van der Waals surface area contributed by atoms with Gasteiger partial charge in [0.25, 0.3) is 0 Å². The number of fused-ring (bicyclic) bond motifs is 1. The number of aromatic nitrogens is 1. The van der Waals surface area contributed by atoms with E-state index in [2.05, 4.69) is 10.3 Å². The van der Waals surface area contributed by atoms with Crippen molar-refractivity contribution in [2.45, 2.75) is 20.4 Å². The van der Waals surface area contributed by atoms with Crippen LogP contribution in [0.1, 0.15) is 29.9 Å². The predicted octanol–water partition coefficient (Wildman–Crippen LogP) is 1.98. The van der Waals surface area contributed by atoms with E-state index in [-0.39, 0.29) is 11.9 Å². The third kappa shape index (κ3) is 3.13. The van der Waals surface area contributed by atoms with E-state index in [9.17, 15) is 9.59 Å². The van der Waals surface area contributed by atoms with Crippen LogP contribution in [0.3, 0.4) is 0 Å². The molecular weight excluding hydrogens is 244 g/mol. The second-order valence-corrected chi connectivity index (χ2v) is 4.23. The van der Waals surface area contributed by atoms with Gasteiger partial charge >= 0.3 is 5.97 Å². The molecule has 1 heterocycles. The van der Waals surface area contributed by atoms with E-state index in [1.807, 2.05) is 18.2 Å². The fourth-order valence-electron chi connectivity index (χ4n) is 1.83. The van der Waals surface area contributed by atoms with E-state index < -0.39 is 0 Å². The highest BCUT2D eigenvalue weighted by atomic mass is 16.5. The van der Waals surface area contributed by atoms with Gasteiger partial charge in [-0.15, -0.1) is 0 Å². The van der Waals surface area contributed by atoms with Gasteiger partial charge in [0, 0.05) is 24.4 Å². The molecule has 1 aromatic heterocycles. The molecule has 0 atom stereocenters. The number of hydrogen-bond acceptors (Lipinski definition) is 3. The van der Waals surface area contributed by atoms with Gasteiger partial charge < -0.3 is 15.0 Å². The zero-order chi connectivity index (χ0) is 13.8. The summed E-state index contributed by atoms with van der Waals surface area (Å²) in [6.07, 6.45) is 0. The molecule has 2 aromatic rings. The molecule has 1 amide bonds. The van der Waals surface area contributed by atoms with Gasteiger partial charge in [-0.3, -0.25) is 4.79 Å². The molecule has 19 heavy (non-hydrogen) atoms. The van der Waals surface area contributed by atoms with Gasteiger partial charge in [-0.05, 0) is 24.6 Å². The summed E-state index contributed by atoms with van der Waals surface area (Å²) < 4.78 is 4.94. The summed E-state index contributed by atoms with van der Waals surface area (Å²) in [5.41, 5.74) is 2.26. The van der Waals surface area contributed by atoms with E-state index in [1.165, 1.54) is 6.92 Å². The highest BCUT2D eigenvalue weighted by molar-refractivity contribution is 5.94. The summed E-state index contributed by atoms with van der Waals surface area (Å²) in [4.78, 5) is 25.5. The summed E-state index contributed by atoms with van der Waals surface area (Å²) in [6, 6.07) is 7.50. The highest BCUT2D eigenvalue weighted by Gasteiger charge is 2.10. The first-order valence-corrected chi connectivity index (χ1v) is 6.13. The van der Waals surface area contributed by atoms with E-state index in [4.69, 9.17) is 4.74 Å². The molecule has 0 fully saturated rings. The van der Waals surface area contributed by atoms with Crippen LogP contribution in [0.5, 0.6) is 0 Å². The quantitative estimate of drug-likeness (QED) is 0.826. The van der Waals surface area contributed by atoms with Crippen molar-refractivity contribution in [3.63, 3.8) is 0 Å². The normalized spacial score (nSPS) is 10.4. The zero-order valence-corrected chi connectivity index (χ0v) is 10.9. The molecule has 2 N–H and O–H groups in total. The summed E-state index contributed by atoms with van der Waals surface area (Å²) in [6.45, 7) is 4.07. The van der Waals surface area contributed by atoms with Crippen molar-refractivity contribution in [2.75, 3.05) is 6.61 Å². The Labute approximate surface area is 110 Å². The SMILES string of the molecule is CCOC(=O)c1cc2ccc(CNC(C)=O)cc2[nH]1. The van der Waals surface area contributed by atoms with Gasteiger partial charge in [0.15, 0.2) is 0 Å². The molecule has 0 unspecified atom stereocenters. The number of amides is 1. The minimum Gasteiger partial charge on any atom is -0.461 e. The third-order valence-corrected chi connectivity index (χ3v) is 2.72. The molecule has 0 bridgehead atoms. The lowest BCUT2D eigenvalue weighted by molar-refractivity contribution is -0.119. The summed E-state index contributed by atoms with van der Waals surface area (Å²) in [5, 5.41) is 3.67. The lowest BCUT2D eigenvalue weighted by Crippen LogP contribution is -2.18. The summed E-state index contributed by atoms with van der Waals surface area (Å²) in [5.74, 6) is -0.430. The number of benzene rings is 1. The van der Waals surface area contributed by atoms with Crippen LogP contribution in [-0.4, -0.2) is 23.5 Å². The standard InChI is InChI=1S/C14H16N2O3/c1-3-19-14(18)13-7-11-5-4-10(6-12(11)16-13)8-15-9(2)17/h4-7,16H,3,8H2,1-2H3,(H,15,17). The van der Waals surface area contributed by atoms with Gasteiger partial charge in [-0.2, -0.15) is 0 Å². The zero-order valence-electron chi connectivity index (χ0n) is 10.9. The van der Waals surface area contributed by atoms with E-state index in [1.54, 1.807) is 13.0 Å². The van der Waals surface area contributed by atoms with Crippen molar-refractivity contribution in [3.05, 3.63) is 35.5 Å². The van der Waals surface area contributed by atoms with E-state index in [0.717, 1.165) is 16.5 Å². The Morgan fingerprint density at radius 2 is 2.11 bits per heavy atom. The van der Waals surface area contributed by atoms with Crippen molar-refractivity contribution < 1.29 is 14.3 Å². The monoisotopic (exact) mass is 260 g/mol. The first-order valence-electron chi connectivity index (χ1n) is 6.13. The summed E-state index contributed by atoms with van der Waals surface area (Å²) in [7, 11) is 0. The van der Waals surface area contributed by atoms with Crippen LogP contribution in [0.2, 0.25) is 0 Å². The topological polar surface area (TPSA) is 71.2 Å². The molecule has 0 spiro atoms. The lowest BCUT2D eigenvalue weighted by atomic mass is 10.1. The molecule has 0 saturated heterocycles. The smallest absolute Gasteiger partial charge is 0.354 e. The molecule has 2 rings (SSSR count). The number of nitrogens with one attached hydrogen (secondary N) is 2. The maximum atomic E-state index is 11.6. The van der Waals surface area contributed by atoms with E-state index in [0.29, 0.717) is 18.8 Å². The first kappa shape index (κ1) is 13.1.